The number of amidine groups is 2. The van der Waals surface area contributed by atoms with Crippen molar-refractivity contribution in [1.82, 2.24) is 9.88 Å². The first-order valence-corrected chi connectivity index (χ1v) is 19.3. The van der Waals surface area contributed by atoms with E-state index < -0.39 is 0 Å². The lowest BCUT2D eigenvalue weighted by atomic mass is 9.99. The number of fused-ring (bicyclic) bond motifs is 6. The molecule has 0 atom stereocenters. The number of hydrogen-bond acceptors (Lipinski definition) is 2. The summed E-state index contributed by atoms with van der Waals surface area (Å²) in [7, 11) is 1.90. The van der Waals surface area contributed by atoms with Crippen LogP contribution in [-0.2, 0) is 6.54 Å². The monoisotopic (exact) mass is 734 g/mol. The minimum absolute atomic E-state index is 0.490. The van der Waals surface area contributed by atoms with Gasteiger partial charge in [0.05, 0.1) is 17.6 Å². The van der Waals surface area contributed by atoms with Crippen LogP contribution >= 0.6 is 0 Å². The molecule has 10 rings (SSSR count). The van der Waals surface area contributed by atoms with Crippen molar-refractivity contribution in [3.05, 3.63) is 211 Å². The van der Waals surface area contributed by atoms with Gasteiger partial charge in [-0.2, -0.15) is 0 Å². The van der Waals surface area contributed by atoms with Crippen LogP contribution in [0, 0.1) is 0 Å². The number of para-hydroxylation sites is 2. The Labute approximate surface area is 330 Å². The van der Waals surface area contributed by atoms with Crippen molar-refractivity contribution in [3.63, 3.8) is 0 Å². The van der Waals surface area contributed by atoms with E-state index in [2.05, 4.69) is 155 Å². The van der Waals surface area contributed by atoms with Crippen molar-refractivity contribution in [2.45, 2.75) is 6.54 Å². The predicted octanol–water partition coefficient (Wildman–Crippen LogP) is 12.6. The minimum Gasteiger partial charge on any atom is -0.455 e. The summed E-state index contributed by atoms with van der Waals surface area (Å²) in [5.41, 5.74) is 12.8. The van der Waals surface area contributed by atoms with Crippen LogP contribution in [0.4, 0.5) is 0 Å². The molecule has 2 aromatic heterocycles. The number of hydrogen-bond donors (Lipinski definition) is 1. The van der Waals surface area contributed by atoms with Crippen LogP contribution in [0.3, 0.4) is 0 Å². The Morgan fingerprint density at radius 3 is 1.86 bits per heavy atom. The molecule has 5 heteroatoms. The maximum absolute atomic E-state index is 6.48. The Balaban J connectivity index is 1.06. The first kappa shape index (κ1) is 34.0. The van der Waals surface area contributed by atoms with Crippen LogP contribution in [0.5, 0.6) is 0 Å². The van der Waals surface area contributed by atoms with Gasteiger partial charge in [0, 0.05) is 51.0 Å². The van der Waals surface area contributed by atoms with Gasteiger partial charge in [0.25, 0.3) is 0 Å². The fourth-order valence-corrected chi connectivity index (χ4v) is 7.92. The molecule has 57 heavy (non-hydrogen) atoms. The highest BCUT2D eigenvalue weighted by Crippen LogP contribution is 2.40. The molecule has 0 aliphatic carbocycles. The first-order chi connectivity index (χ1) is 28.2. The molecular weight excluding hydrogens is 697 g/mol. The van der Waals surface area contributed by atoms with E-state index in [-0.39, 0.29) is 0 Å². The van der Waals surface area contributed by atoms with E-state index >= 15 is 0 Å². The zero-order valence-corrected chi connectivity index (χ0v) is 31.4. The van der Waals surface area contributed by atoms with Gasteiger partial charge in [-0.05, 0) is 64.7 Å². The number of aliphatic imine (C=N–C) groups is 2. The Morgan fingerprint density at radius 2 is 1.14 bits per heavy atom. The van der Waals surface area contributed by atoms with E-state index in [0.717, 1.165) is 72.3 Å². The molecular formula is C52H38N4O. The molecule has 0 radical (unpaired) electrons. The third-order valence-corrected chi connectivity index (χ3v) is 10.7. The summed E-state index contributed by atoms with van der Waals surface area (Å²) < 4.78 is 8.85. The van der Waals surface area contributed by atoms with Crippen molar-refractivity contribution in [3.8, 4) is 27.9 Å². The summed E-state index contributed by atoms with van der Waals surface area (Å²) >= 11 is 0. The van der Waals surface area contributed by atoms with Crippen molar-refractivity contribution >= 4 is 55.4 Å². The third-order valence-electron chi connectivity index (χ3n) is 10.7. The molecule has 8 aromatic carbocycles. The Kier molecular flexibility index (Phi) is 8.73. The molecule has 0 aliphatic rings. The highest BCUT2D eigenvalue weighted by atomic mass is 16.3. The van der Waals surface area contributed by atoms with Crippen LogP contribution in [-0.4, -0.2) is 23.3 Å². The van der Waals surface area contributed by atoms with Crippen LogP contribution in [0.2, 0.25) is 0 Å². The normalized spacial score (nSPS) is 12.2. The molecule has 0 aliphatic heterocycles. The lowest BCUT2D eigenvalue weighted by Crippen LogP contribution is -2.21. The zero-order chi connectivity index (χ0) is 38.1. The lowest BCUT2D eigenvalue weighted by molar-refractivity contribution is 0.670. The molecule has 10 aromatic rings. The summed E-state index contributed by atoms with van der Waals surface area (Å²) in [6, 6.07) is 68.0. The Hall–Kier alpha value is -7.50. The molecule has 0 saturated heterocycles. The van der Waals surface area contributed by atoms with E-state index in [1.165, 1.54) is 21.9 Å². The fourth-order valence-electron chi connectivity index (χ4n) is 7.92. The van der Waals surface area contributed by atoms with Crippen molar-refractivity contribution < 1.29 is 4.42 Å². The maximum Gasteiger partial charge on any atom is 0.157 e. The molecule has 2 heterocycles. The summed E-state index contributed by atoms with van der Waals surface area (Å²) in [4.78, 5) is 10.1. The molecule has 0 fully saturated rings. The second-order valence-corrected chi connectivity index (χ2v) is 14.2. The highest BCUT2D eigenvalue weighted by Gasteiger charge is 2.17. The van der Waals surface area contributed by atoms with E-state index in [1.807, 2.05) is 55.6 Å². The maximum atomic E-state index is 6.48. The fraction of sp³-hybridized carbons (Fsp3) is 0.0385. The van der Waals surface area contributed by atoms with Crippen LogP contribution in [0.25, 0.3) is 71.7 Å². The largest absolute Gasteiger partial charge is 0.455 e. The summed E-state index contributed by atoms with van der Waals surface area (Å²) in [6.07, 6.45) is 0. The molecule has 1 N–H and O–H groups in total. The van der Waals surface area contributed by atoms with Gasteiger partial charge in [0.1, 0.15) is 17.0 Å². The Bertz CT molecular complexity index is 3100. The first-order valence-electron chi connectivity index (χ1n) is 19.3. The van der Waals surface area contributed by atoms with E-state index in [1.54, 1.807) is 0 Å². The van der Waals surface area contributed by atoms with Gasteiger partial charge in [0.15, 0.2) is 5.84 Å². The number of benzene rings is 8. The van der Waals surface area contributed by atoms with Crippen molar-refractivity contribution in [1.29, 1.82) is 0 Å². The predicted molar refractivity (Wildman–Crippen MR) is 238 cm³/mol. The molecule has 0 spiro atoms. The topological polar surface area (TPSA) is 54.8 Å². The quantitative estimate of drug-likeness (QED) is 0.131. The second-order valence-electron chi connectivity index (χ2n) is 14.2. The van der Waals surface area contributed by atoms with Gasteiger partial charge < -0.3 is 14.3 Å². The van der Waals surface area contributed by atoms with Gasteiger partial charge in [0.2, 0.25) is 0 Å². The lowest BCUT2D eigenvalue weighted by Gasteiger charge is -2.10. The van der Waals surface area contributed by atoms with E-state index in [4.69, 9.17) is 14.4 Å². The molecule has 0 bridgehead atoms. The van der Waals surface area contributed by atoms with E-state index in [9.17, 15) is 0 Å². The minimum atomic E-state index is 0.490. The molecule has 0 unspecified atom stereocenters. The average molecular weight is 735 g/mol. The van der Waals surface area contributed by atoms with Crippen molar-refractivity contribution in [2.75, 3.05) is 7.05 Å². The van der Waals surface area contributed by atoms with Gasteiger partial charge in [-0.25, -0.2) is 4.99 Å². The van der Waals surface area contributed by atoms with Gasteiger partial charge in [-0.1, -0.05) is 152 Å². The van der Waals surface area contributed by atoms with Crippen molar-refractivity contribution in [2.24, 2.45) is 9.98 Å². The molecule has 272 valence electrons. The molecule has 5 nitrogen and oxygen atoms in total. The third kappa shape index (κ3) is 6.35. The Morgan fingerprint density at radius 1 is 0.526 bits per heavy atom. The highest BCUT2D eigenvalue weighted by molar-refractivity contribution is 6.14. The number of rotatable bonds is 7. The van der Waals surface area contributed by atoms with Gasteiger partial charge in [-0.3, -0.25) is 4.99 Å². The molecule has 0 amide bonds. The number of nitrogens with one attached hydrogen (secondary N) is 1. The van der Waals surface area contributed by atoms with E-state index in [0.29, 0.717) is 12.4 Å². The number of furan rings is 1. The van der Waals surface area contributed by atoms with Crippen LogP contribution in [0.15, 0.2) is 209 Å². The summed E-state index contributed by atoms with van der Waals surface area (Å²) in [5.74, 6) is 1.45. The SMILES string of the molecule is CNC(=NC(=NCc1ccc(-n2c3ccc(-c4ccccc4)cc3c3cc(-c4cccc5c4oc4ccccc45)ccc32)cc1)c1ccccc1)c1ccccc1. The second kappa shape index (κ2) is 14.6. The number of aromatic nitrogens is 1. The summed E-state index contributed by atoms with van der Waals surface area (Å²) in [5, 5.41) is 7.91. The van der Waals surface area contributed by atoms with Crippen LogP contribution in [0.1, 0.15) is 16.7 Å². The average Bonchev–Trinajstić information content (AvgIpc) is 3.83. The van der Waals surface area contributed by atoms with Gasteiger partial charge >= 0.3 is 0 Å². The summed E-state index contributed by atoms with van der Waals surface area (Å²) in [6.45, 7) is 0.490. The zero-order valence-electron chi connectivity index (χ0n) is 31.4. The smallest absolute Gasteiger partial charge is 0.157 e. The number of nitrogens with zero attached hydrogens (tertiary/aromatic N) is 3. The standard InChI is InChI=1S/C52H38N4O/c1-53-51(37-16-7-3-8-17-37)55-52(38-18-9-4-10-19-38)54-34-35-24-28-41(29-25-35)56-47-30-26-39(36-14-5-2-6-15-36)32-45(47)46-33-40(27-31-48(46)56)42-21-13-22-44-43-20-11-12-23-49(43)57-50(42)44/h2-33H,34H2,1H3,(H,53,54,55). The van der Waals surface area contributed by atoms with Gasteiger partial charge in [-0.15, -0.1) is 0 Å². The molecule has 0 saturated carbocycles. The van der Waals surface area contributed by atoms with Crippen LogP contribution < -0.4 is 5.32 Å².